The fourth-order valence-electron chi connectivity index (χ4n) is 2.85. The molecule has 0 saturated carbocycles. The Kier molecular flexibility index (Phi) is 4.63. The molecule has 0 bridgehead atoms. The highest BCUT2D eigenvalue weighted by Gasteiger charge is 2.17. The van der Waals surface area contributed by atoms with Gasteiger partial charge in [0, 0.05) is 0 Å². The molecule has 0 saturated heterocycles. The molecule has 0 aliphatic rings. The van der Waals surface area contributed by atoms with Crippen molar-refractivity contribution in [1.82, 2.24) is 15.5 Å². The van der Waals surface area contributed by atoms with Crippen LogP contribution in [-0.4, -0.2) is 21.2 Å². The van der Waals surface area contributed by atoms with Gasteiger partial charge in [0.25, 0.3) is 5.91 Å². The van der Waals surface area contributed by atoms with E-state index in [1.807, 2.05) is 0 Å². The molecule has 0 unspecified atom stereocenters. The van der Waals surface area contributed by atoms with Gasteiger partial charge in [-0.15, -0.1) is 0 Å². The van der Waals surface area contributed by atoms with Crippen LogP contribution >= 0.6 is 0 Å². The molecule has 0 fully saturated rings. The van der Waals surface area contributed by atoms with Crippen molar-refractivity contribution in [2.24, 2.45) is 0 Å². The van der Waals surface area contributed by atoms with Gasteiger partial charge in [-0.1, -0.05) is 18.2 Å². The van der Waals surface area contributed by atoms with Crippen LogP contribution < -0.4 is 5.32 Å². The molecule has 28 heavy (non-hydrogen) atoms. The Morgan fingerprint density at radius 2 is 2.00 bits per heavy atom. The molecule has 7 heteroatoms. The molecule has 0 radical (unpaired) electrons. The number of halogens is 1. The van der Waals surface area contributed by atoms with Crippen molar-refractivity contribution in [3.63, 3.8) is 0 Å². The van der Waals surface area contributed by atoms with Gasteiger partial charge >= 0.3 is 0 Å². The standard InChI is InChI=1S/C21H16FN3O3/c22-14-6-3-13(4-7-14)5-9-17-19-18(25-24-17)10-8-16(20(19)26)21(27)23-12-15-2-1-11-28-15/h1-11,26H,12H2,(H,23,27)(H,24,25)/b9-5+. The highest BCUT2D eigenvalue weighted by Crippen LogP contribution is 2.31. The first kappa shape index (κ1) is 17.5. The quantitative estimate of drug-likeness (QED) is 0.488. The molecule has 140 valence electrons. The highest BCUT2D eigenvalue weighted by atomic mass is 19.1. The Morgan fingerprint density at radius 3 is 2.75 bits per heavy atom. The number of aromatic nitrogens is 2. The third-order valence-electron chi connectivity index (χ3n) is 4.28. The lowest BCUT2D eigenvalue weighted by molar-refractivity contribution is 0.0945. The Balaban J connectivity index is 1.61. The molecule has 4 aromatic rings. The number of hydrogen-bond donors (Lipinski definition) is 3. The molecule has 0 aliphatic carbocycles. The van der Waals surface area contributed by atoms with Crippen LogP contribution in [0.25, 0.3) is 23.1 Å². The summed E-state index contributed by atoms with van der Waals surface area (Å²) in [5.41, 5.74) is 1.99. The van der Waals surface area contributed by atoms with E-state index in [9.17, 15) is 14.3 Å². The summed E-state index contributed by atoms with van der Waals surface area (Å²) in [6.07, 6.45) is 5.00. The first-order chi connectivity index (χ1) is 13.6. The Hall–Kier alpha value is -3.87. The maximum atomic E-state index is 13.0. The fourth-order valence-corrected chi connectivity index (χ4v) is 2.85. The Bertz CT molecular complexity index is 1150. The van der Waals surface area contributed by atoms with Gasteiger partial charge in [0.1, 0.15) is 17.3 Å². The average Bonchev–Trinajstić information content (AvgIpc) is 3.36. The zero-order valence-electron chi connectivity index (χ0n) is 14.6. The molecule has 2 heterocycles. The summed E-state index contributed by atoms with van der Waals surface area (Å²) in [5, 5.41) is 20.8. The number of phenolic OH excluding ortho intramolecular Hbond substituents is 1. The molecule has 3 N–H and O–H groups in total. The number of fused-ring (bicyclic) bond motifs is 1. The van der Waals surface area contributed by atoms with Gasteiger partial charge in [0.05, 0.1) is 35.0 Å². The largest absolute Gasteiger partial charge is 0.506 e. The zero-order valence-corrected chi connectivity index (χ0v) is 14.6. The number of benzene rings is 2. The maximum Gasteiger partial charge on any atom is 0.255 e. The minimum atomic E-state index is -0.425. The van der Waals surface area contributed by atoms with Gasteiger partial charge in [0.15, 0.2) is 0 Å². The number of rotatable bonds is 5. The van der Waals surface area contributed by atoms with Crippen molar-refractivity contribution >= 4 is 29.0 Å². The van der Waals surface area contributed by atoms with Crippen LogP contribution in [0.2, 0.25) is 0 Å². The van der Waals surface area contributed by atoms with Gasteiger partial charge in [-0.2, -0.15) is 5.10 Å². The SMILES string of the molecule is O=C(NCc1ccco1)c1ccc2n[nH]c(/C=C/c3ccc(F)cc3)c2c1O. The van der Waals surface area contributed by atoms with Crippen LogP contribution in [0.1, 0.15) is 27.4 Å². The normalized spacial score (nSPS) is 11.3. The third kappa shape index (κ3) is 3.50. The number of nitrogens with one attached hydrogen (secondary N) is 2. The van der Waals surface area contributed by atoms with Crippen LogP contribution in [0.5, 0.6) is 5.75 Å². The van der Waals surface area contributed by atoms with Gasteiger partial charge in [-0.05, 0) is 48.0 Å². The number of aromatic hydroxyl groups is 1. The number of hydrogen-bond acceptors (Lipinski definition) is 4. The number of phenols is 1. The predicted molar refractivity (Wildman–Crippen MR) is 103 cm³/mol. The smallest absolute Gasteiger partial charge is 0.255 e. The second-order valence-electron chi connectivity index (χ2n) is 6.14. The monoisotopic (exact) mass is 377 g/mol. The van der Waals surface area contributed by atoms with E-state index in [-0.39, 0.29) is 23.7 Å². The van der Waals surface area contributed by atoms with Crippen molar-refractivity contribution in [2.45, 2.75) is 6.54 Å². The van der Waals surface area contributed by atoms with Crippen LogP contribution in [0, 0.1) is 5.82 Å². The molecule has 0 aliphatic heterocycles. The number of aromatic amines is 1. The summed E-state index contributed by atoms with van der Waals surface area (Å²) in [5.74, 6) is -0.292. The Labute approximate surface area is 159 Å². The van der Waals surface area contributed by atoms with E-state index in [0.717, 1.165) is 5.56 Å². The zero-order chi connectivity index (χ0) is 19.5. The molecule has 6 nitrogen and oxygen atoms in total. The second-order valence-corrected chi connectivity index (χ2v) is 6.14. The van der Waals surface area contributed by atoms with Gasteiger partial charge in [-0.25, -0.2) is 4.39 Å². The van der Waals surface area contributed by atoms with Gasteiger partial charge in [0.2, 0.25) is 0 Å². The molecule has 2 aromatic carbocycles. The minimum absolute atomic E-state index is 0.136. The number of nitrogens with zero attached hydrogens (tertiary/aromatic N) is 1. The number of amides is 1. The van der Waals surface area contributed by atoms with Crippen molar-refractivity contribution in [3.05, 3.63) is 83.2 Å². The lowest BCUT2D eigenvalue weighted by Crippen LogP contribution is -2.22. The van der Waals surface area contributed by atoms with E-state index < -0.39 is 5.91 Å². The maximum absolute atomic E-state index is 13.0. The van der Waals surface area contributed by atoms with E-state index in [1.54, 1.807) is 42.5 Å². The van der Waals surface area contributed by atoms with E-state index in [0.29, 0.717) is 22.4 Å². The number of furan rings is 1. The summed E-state index contributed by atoms with van der Waals surface area (Å²) >= 11 is 0. The molecule has 0 spiro atoms. The lowest BCUT2D eigenvalue weighted by Gasteiger charge is -2.06. The topological polar surface area (TPSA) is 91.2 Å². The van der Waals surface area contributed by atoms with E-state index in [2.05, 4.69) is 15.5 Å². The van der Waals surface area contributed by atoms with Crippen LogP contribution in [0.4, 0.5) is 4.39 Å². The van der Waals surface area contributed by atoms with Gasteiger partial charge in [-0.3, -0.25) is 9.89 Å². The summed E-state index contributed by atoms with van der Waals surface area (Å²) < 4.78 is 18.2. The molecule has 0 atom stereocenters. The lowest BCUT2D eigenvalue weighted by atomic mass is 10.1. The third-order valence-corrected chi connectivity index (χ3v) is 4.28. The fraction of sp³-hybridized carbons (Fsp3) is 0.0476. The van der Waals surface area contributed by atoms with E-state index >= 15 is 0 Å². The predicted octanol–water partition coefficient (Wildman–Crippen LogP) is 4.10. The van der Waals surface area contributed by atoms with Crippen molar-refractivity contribution in [1.29, 1.82) is 0 Å². The van der Waals surface area contributed by atoms with E-state index in [4.69, 9.17) is 4.42 Å². The summed E-state index contributed by atoms with van der Waals surface area (Å²) in [6, 6.07) is 12.7. The summed E-state index contributed by atoms with van der Waals surface area (Å²) in [7, 11) is 0. The Morgan fingerprint density at radius 1 is 1.18 bits per heavy atom. The molecular formula is C21H16FN3O3. The second kappa shape index (κ2) is 7.40. The molecule has 2 aromatic heterocycles. The first-order valence-corrected chi connectivity index (χ1v) is 8.56. The summed E-state index contributed by atoms with van der Waals surface area (Å²) in [6.45, 7) is 0.214. The van der Waals surface area contributed by atoms with E-state index in [1.165, 1.54) is 24.5 Å². The number of carbonyl (C=O) groups is 1. The number of H-pyrrole nitrogens is 1. The first-order valence-electron chi connectivity index (χ1n) is 8.56. The van der Waals surface area contributed by atoms with Crippen molar-refractivity contribution in [3.8, 4) is 5.75 Å². The molecule has 1 amide bonds. The van der Waals surface area contributed by atoms with Crippen molar-refractivity contribution in [2.75, 3.05) is 0 Å². The highest BCUT2D eigenvalue weighted by molar-refractivity contribution is 6.05. The molecule has 4 rings (SSSR count). The average molecular weight is 377 g/mol. The van der Waals surface area contributed by atoms with Crippen LogP contribution in [0.15, 0.2) is 59.2 Å². The van der Waals surface area contributed by atoms with Crippen LogP contribution in [-0.2, 0) is 6.54 Å². The minimum Gasteiger partial charge on any atom is -0.506 e. The van der Waals surface area contributed by atoms with Crippen LogP contribution in [0.3, 0.4) is 0 Å². The van der Waals surface area contributed by atoms with Gasteiger partial charge < -0.3 is 14.8 Å². The summed E-state index contributed by atoms with van der Waals surface area (Å²) in [4.78, 5) is 12.5. The molecular weight excluding hydrogens is 361 g/mol. The van der Waals surface area contributed by atoms with Crippen molar-refractivity contribution < 1.29 is 18.7 Å². The number of carbonyl (C=O) groups excluding carboxylic acids is 1.